The number of hydrogen-bond acceptors (Lipinski definition) is 11. The molecule has 2 aromatic heterocycles. The minimum absolute atomic E-state index is 0. The van der Waals surface area contributed by atoms with E-state index >= 15 is 0 Å². The zero-order chi connectivity index (χ0) is 46.6. The zero-order valence-corrected chi connectivity index (χ0v) is 59.7. The van der Waals surface area contributed by atoms with Crippen LogP contribution < -0.4 is 28.0 Å². The van der Waals surface area contributed by atoms with Crippen LogP contribution in [0.3, 0.4) is 0 Å². The van der Waals surface area contributed by atoms with Crippen LogP contribution in [0.25, 0.3) is 22.3 Å². The molecule has 0 atom stereocenters. The number of carbonyl (C=O) groups excluding carboxylic acids is 1. The molecule has 0 saturated heterocycles. The van der Waals surface area contributed by atoms with Gasteiger partial charge in [0.2, 0.25) is 0 Å². The number of pyridine rings is 2. The largest absolute Gasteiger partial charge is 0.499 e. The van der Waals surface area contributed by atoms with E-state index in [1.54, 1.807) is 0 Å². The molecule has 5 aliphatic rings. The van der Waals surface area contributed by atoms with Gasteiger partial charge >= 0.3 is 0 Å². The second-order valence-corrected chi connectivity index (χ2v) is 18.4. The molecular formula is C50H62N6O7Y6-2. The number of hydrazine groups is 1. The number of fused-ring (bicyclic) bond motifs is 8. The number of hydrazone groups is 1. The molecule has 0 bridgehead atoms. The van der Waals surface area contributed by atoms with Crippen LogP contribution in [-0.4, -0.2) is 55.4 Å². The molecule has 3 aliphatic heterocycles. The maximum absolute atomic E-state index is 13.2. The van der Waals surface area contributed by atoms with Crippen molar-refractivity contribution in [2.24, 2.45) is 27.6 Å². The molecule has 2 aromatic carbocycles. The third kappa shape index (κ3) is 12.5. The Balaban J connectivity index is 0.00000107. The van der Waals surface area contributed by atoms with Gasteiger partial charge in [-0.2, -0.15) is 5.10 Å². The number of ketones is 1. The SMILES string of the molecule is CC(=O)c1[c-]n2c(c(C)c1=O)C1=C(c3ccccc3C1)C(C)(C)C2(C)C.COC(OC)OC.Cc1c2n([c-]c(C3=NNCO3)c1=O)C(C)(C)C(C)(C)C1=C2Cc2ccccc21.NN.[Y].[Y].[Y].[Y].[Y].[Y]. The zero-order valence-electron chi connectivity index (χ0n) is 42.6. The first-order valence-corrected chi connectivity index (χ1v) is 21.1. The molecule has 0 fully saturated rings. The summed E-state index contributed by atoms with van der Waals surface area (Å²) in [5, 5.41) is 4.13. The summed E-state index contributed by atoms with van der Waals surface area (Å²) in [6, 6.07) is 17.1. The number of methoxy groups -OCH3 is 3. The molecule has 2 aliphatic carbocycles. The van der Waals surface area contributed by atoms with Crippen LogP contribution >= 0.6 is 0 Å². The van der Waals surface area contributed by atoms with E-state index < -0.39 is 6.48 Å². The molecular weight excluding hydrogens is 1330 g/mol. The average molecular weight is 1390 g/mol. The molecule has 5 heterocycles. The third-order valence-electron chi connectivity index (χ3n) is 14.2. The normalized spacial score (nSPS) is 16.7. The van der Waals surface area contributed by atoms with Gasteiger partial charge in [0.25, 0.3) is 6.48 Å². The number of allylic oxidation sites excluding steroid dienone is 4. The first-order chi connectivity index (χ1) is 29.7. The monoisotopic (exact) mass is 1390 g/mol. The van der Waals surface area contributed by atoms with Crippen LogP contribution in [0.4, 0.5) is 0 Å². The summed E-state index contributed by atoms with van der Waals surface area (Å²) in [5.41, 5.74) is 15.8. The topological polar surface area (TPSA) is 174 Å². The fourth-order valence-electron chi connectivity index (χ4n) is 9.68. The van der Waals surface area contributed by atoms with Crippen molar-refractivity contribution in [1.29, 1.82) is 0 Å². The van der Waals surface area contributed by atoms with E-state index in [2.05, 4.69) is 162 Å². The number of rotatable bonds is 5. The summed E-state index contributed by atoms with van der Waals surface area (Å²) in [6.07, 6.45) is 8.22. The fourth-order valence-corrected chi connectivity index (χ4v) is 9.68. The quantitative estimate of drug-likeness (QED) is 0.0631. The average Bonchev–Trinajstić information content (AvgIpc) is 4.02. The molecule has 4 aromatic rings. The number of carbonyl (C=O) groups is 1. The Morgan fingerprint density at radius 3 is 1.43 bits per heavy atom. The first kappa shape index (κ1) is 70.2. The van der Waals surface area contributed by atoms with Crippen LogP contribution in [0.2, 0.25) is 0 Å². The van der Waals surface area contributed by atoms with Crippen molar-refractivity contribution in [3.05, 3.63) is 137 Å². The standard InChI is InChI=1S/C23H24N3O2.C23H24NO2.C4H10O3.H4N2.6Y/c1-13-19-16-10-14-8-6-7-9-15(14)18(16)22(2,3)23(4,5)26(19)11-17(20(13)27)21-25-24-12-28-21;1-13-20-17-11-15-9-7-8-10-16(15)19(17)22(3,4)23(5,6)24(20)12-18(14(2)25)21(13)26;1-5-4(6-2)7-3;1-2;;;;;;/h6-9,24H,10,12H2,1-5H3;7-10H,11H2,1-6H3;4H,1-3H3;1-2H2;;;;;;/q2*-1;;;;;;;;. The Bertz CT molecular complexity index is 2720. The summed E-state index contributed by atoms with van der Waals surface area (Å²) in [5.74, 6) is 8.10. The Labute approximate surface area is 559 Å². The fraction of sp³-hybridized carbons (Fsp3) is 0.440. The van der Waals surface area contributed by atoms with Crippen molar-refractivity contribution in [3.8, 4) is 0 Å². The Morgan fingerprint density at radius 2 is 1.07 bits per heavy atom. The second kappa shape index (κ2) is 28.0. The number of Topliss-reactive ketones (excluding diaryl/α,β-unsaturated/α-hetero) is 1. The number of ether oxygens (including phenoxy) is 4. The predicted molar refractivity (Wildman–Crippen MR) is 247 cm³/mol. The van der Waals surface area contributed by atoms with Gasteiger partial charge < -0.3 is 42.5 Å². The van der Waals surface area contributed by atoms with E-state index in [1.165, 1.54) is 72.8 Å². The van der Waals surface area contributed by atoms with Crippen LogP contribution in [0.5, 0.6) is 0 Å². The van der Waals surface area contributed by atoms with Gasteiger partial charge in [-0.15, -0.1) is 0 Å². The number of benzene rings is 2. The number of aromatic nitrogens is 2. The van der Waals surface area contributed by atoms with E-state index in [1.807, 2.05) is 13.8 Å². The minimum Gasteiger partial charge on any atom is -0.499 e. The Hall–Kier alpha value is 1.18. The molecule has 6 radical (unpaired) electrons. The smallest absolute Gasteiger partial charge is 0.270 e. The maximum atomic E-state index is 13.2. The molecule has 19 heteroatoms. The van der Waals surface area contributed by atoms with Gasteiger partial charge in [0.05, 0.1) is 5.78 Å². The van der Waals surface area contributed by atoms with Crippen molar-refractivity contribution in [2.75, 3.05) is 28.1 Å². The molecule has 354 valence electrons. The van der Waals surface area contributed by atoms with Crippen molar-refractivity contribution in [3.63, 3.8) is 0 Å². The number of nitrogens with one attached hydrogen (secondary N) is 1. The third-order valence-corrected chi connectivity index (χ3v) is 14.2. The van der Waals surface area contributed by atoms with E-state index in [4.69, 9.17) is 4.74 Å². The number of hydrogen-bond donors (Lipinski definition) is 3. The Morgan fingerprint density at radius 1 is 0.681 bits per heavy atom. The summed E-state index contributed by atoms with van der Waals surface area (Å²) >= 11 is 0. The van der Waals surface area contributed by atoms with E-state index in [0.717, 1.165) is 29.8 Å². The molecule has 9 rings (SSSR count). The van der Waals surface area contributed by atoms with Gasteiger partial charge in [-0.25, -0.2) is 0 Å². The van der Waals surface area contributed by atoms with Gasteiger partial charge in [0, 0.05) is 239 Å². The van der Waals surface area contributed by atoms with Crippen molar-refractivity contribution in [1.82, 2.24) is 14.6 Å². The first-order valence-electron chi connectivity index (χ1n) is 21.1. The van der Waals surface area contributed by atoms with Crippen LogP contribution in [0.1, 0.15) is 123 Å². The second-order valence-electron chi connectivity index (χ2n) is 18.4. The van der Waals surface area contributed by atoms with E-state index in [-0.39, 0.29) is 247 Å². The Kier molecular flexibility index (Phi) is 28.5. The molecule has 0 unspecified atom stereocenters. The van der Waals surface area contributed by atoms with Crippen molar-refractivity contribution in [2.45, 2.75) is 107 Å². The van der Waals surface area contributed by atoms with Crippen molar-refractivity contribution < 1.29 is 220 Å². The van der Waals surface area contributed by atoms with E-state index in [9.17, 15) is 14.4 Å². The van der Waals surface area contributed by atoms with Crippen LogP contribution in [0.15, 0.2) is 63.2 Å². The summed E-state index contributed by atoms with van der Waals surface area (Å²) in [6.45, 7) is 22.8. The van der Waals surface area contributed by atoms with E-state index in [0.29, 0.717) is 17.0 Å². The van der Waals surface area contributed by atoms with Crippen LogP contribution in [-0.2, 0) is 239 Å². The van der Waals surface area contributed by atoms with Crippen LogP contribution in [0, 0.1) is 37.1 Å². The van der Waals surface area contributed by atoms with Gasteiger partial charge in [0.15, 0.2) is 12.6 Å². The number of nitrogens with zero attached hydrogens (tertiary/aromatic N) is 3. The van der Waals surface area contributed by atoms with Gasteiger partial charge in [0.1, 0.15) is 10.9 Å². The minimum atomic E-state index is -0.514. The predicted octanol–water partition coefficient (Wildman–Crippen LogP) is 6.85. The molecule has 5 N–H and O–H groups in total. The van der Waals surface area contributed by atoms with Gasteiger partial charge in [-0.3, -0.25) is 17.1 Å². The summed E-state index contributed by atoms with van der Waals surface area (Å²) < 4.78 is 23.5. The maximum Gasteiger partial charge on any atom is 0.270 e. The number of nitrogens with two attached hydrogens (primary N) is 2. The molecule has 0 spiro atoms. The molecule has 0 saturated carbocycles. The summed E-state index contributed by atoms with van der Waals surface area (Å²) in [4.78, 5) is 38.1. The van der Waals surface area contributed by atoms with Gasteiger partial charge in [-0.05, 0) is 103 Å². The van der Waals surface area contributed by atoms with Gasteiger partial charge in [-0.1, -0.05) is 125 Å². The van der Waals surface area contributed by atoms with Crippen molar-refractivity contribution >= 4 is 34.0 Å². The summed E-state index contributed by atoms with van der Waals surface area (Å²) in [7, 11) is 4.53. The molecule has 0 amide bonds. The molecule has 69 heavy (non-hydrogen) atoms. The molecule has 13 nitrogen and oxygen atoms in total.